The molecule has 5 nitrogen and oxygen atoms in total. The van der Waals surface area contributed by atoms with Gasteiger partial charge in [0.2, 0.25) is 5.91 Å². The highest BCUT2D eigenvalue weighted by Crippen LogP contribution is 2.33. The van der Waals surface area contributed by atoms with Gasteiger partial charge < -0.3 is 10.2 Å². The van der Waals surface area contributed by atoms with E-state index in [2.05, 4.69) is 21.3 Å². The standard InChI is InChI=1S/C23H20ClFN4O/c1-14-10-17(24)2-4-20(14)28-23(30)15-6-8-29(9-7-15)22-16(12-26)13-27-21-5-3-18(25)11-19(21)22/h2-5,10-11,13,15H,6-9H2,1H3,(H,28,30). The van der Waals surface area contributed by atoms with Gasteiger partial charge in [-0.1, -0.05) is 11.6 Å². The highest BCUT2D eigenvalue weighted by Gasteiger charge is 2.27. The molecule has 4 rings (SSSR count). The van der Waals surface area contributed by atoms with Crippen LogP contribution >= 0.6 is 11.6 Å². The molecule has 2 heterocycles. The second-order valence-electron chi connectivity index (χ2n) is 7.50. The Morgan fingerprint density at radius 2 is 2.03 bits per heavy atom. The molecule has 0 spiro atoms. The van der Waals surface area contributed by atoms with Crippen LogP contribution in [0.15, 0.2) is 42.6 Å². The van der Waals surface area contributed by atoms with E-state index < -0.39 is 0 Å². The summed E-state index contributed by atoms with van der Waals surface area (Å²) in [6.07, 6.45) is 2.81. The van der Waals surface area contributed by atoms with Gasteiger partial charge in [0.15, 0.2) is 0 Å². The zero-order chi connectivity index (χ0) is 21.3. The number of amides is 1. The van der Waals surface area contributed by atoms with Crippen LogP contribution < -0.4 is 10.2 Å². The number of aryl methyl sites for hydroxylation is 1. The number of fused-ring (bicyclic) bond motifs is 1. The predicted molar refractivity (Wildman–Crippen MR) is 116 cm³/mol. The maximum absolute atomic E-state index is 13.9. The van der Waals surface area contributed by atoms with E-state index in [1.165, 1.54) is 18.3 Å². The Kier molecular flexibility index (Phi) is 5.56. The Hall–Kier alpha value is -3.17. The van der Waals surface area contributed by atoms with Crippen molar-refractivity contribution < 1.29 is 9.18 Å². The van der Waals surface area contributed by atoms with Crippen LogP contribution in [0, 0.1) is 30.0 Å². The van der Waals surface area contributed by atoms with E-state index in [9.17, 15) is 14.4 Å². The first-order chi connectivity index (χ1) is 14.5. The molecule has 1 aliphatic rings. The van der Waals surface area contributed by atoms with E-state index in [0.29, 0.717) is 53.1 Å². The number of halogens is 2. The summed E-state index contributed by atoms with van der Waals surface area (Å²) in [5, 5.41) is 13.8. The third kappa shape index (κ3) is 3.94. The van der Waals surface area contributed by atoms with Gasteiger partial charge >= 0.3 is 0 Å². The Balaban J connectivity index is 1.52. The minimum absolute atomic E-state index is 0.0220. The molecular weight excluding hydrogens is 403 g/mol. The Labute approximate surface area is 179 Å². The molecule has 0 saturated carbocycles. The molecule has 0 atom stereocenters. The number of carbonyl (C=O) groups excluding carboxylic acids is 1. The van der Waals surface area contributed by atoms with Crippen molar-refractivity contribution in [2.75, 3.05) is 23.3 Å². The van der Waals surface area contributed by atoms with Crippen molar-refractivity contribution in [3.05, 3.63) is 64.6 Å². The first kappa shape index (κ1) is 20.1. The van der Waals surface area contributed by atoms with E-state index in [0.717, 1.165) is 11.3 Å². The molecule has 0 radical (unpaired) electrons. The number of nitriles is 1. The van der Waals surface area contributed by atoms with E-state index >= 15 is 0 Å². The highest BCUT2D eigenvalue weighted by atomic mass is 35.5. The number of aromatic nitrogens is 1. The molecule has 3 aromatic rings. The van der Waals surface area contributed by atoms with Gasteiger partial charge in [-0.05, 0) is 61.7 Å². The number of pyridine rings is 1. The number of nitrogens with zero attached hydrogens (tertiary/aromatic N) is 3. The molecule has 7 heteroatoms. The molecule has 152 valence electrons. The van der Waals surface area contributed by atoms with Gasteiger partial charge in [-0.15, -0.1) is 0 Å². The van der Waals surface area contributed by atoms with Crippen molar-refractivity contribution >= 4 is 39.8 Å². The summed E-state index contributed by atoms with van der Waals surface area (Å²) in [4.78, 5) is 19.1. The van der Waals surface area contributed by atoms with Crippen LogP contribution in [0.4, 0.5) is 15.8 Å². The van der Waals surface area contributed by atoms with E-state index in [-0.39, 0.29) is 17.6 Å². The summed E-state index contributed by atoms with van der Waals surface area (Å²) in [5.41, 5.74) is 3.41. The minimum Gasteiger partial charge on any atom is -0.370 e. The fraction of sp³-hybridized carbons (Fsp3) is 0.261. The Morgan fingerprint density at radius 1 is 1.27 bits per heavy atom. The second kappa shape index (κ2) is 8.29. The van der Waals surface area contributed by atoms with Gasteiger partial charge in [0.25, 0.3) is 0 Å². The fourth-order valence-electron chi connectivity index (χ4n) is 3.94. The van der Waals surface area contributed by atoms with Crippen LogP contribution in [0.5, 0.6) is 0 Å². The van der Waals surface area contributed by atoms with Crippen LogP contribution in [0.1, 0.15) is 24.0 Å². The maximum Gasteiger partial charge on any atom is 0.227 e. The van der Waals surface area contributed by atoms with Crippen molar-refractivity contribution in [3.63, 3.8) is 0 Å². The lowest BCUT2D eigenvalue weighted by atomic mass is 9.94. The fourth-order valence-corrected chi connectivity index (χ4v) is 4.17. The lowest BCUT2D eigenvalue weighted by Crippen LogP contribution is -2.38. The number of nitrogens with one attached hydrogen (secondary N) is 1. The Bertz CT molecular complexity index is 1170. The number of anilines is 2. The van der Waals surface area contributed by atoms with Crippen molar-refractivity contribution in [1.82, 2.24) is 4.98 Å². The summed E-state index contributed by atoms with van der Waals surface area (Å²) in [5.74, 6) is -0.522. The lowest BCUT2D eigenvalue weighted by Gasteiger charge is -2.34. The number of hydrogen-bond donors (Lipinski definition) is 1. The molecule has 1 fully saturated rings. The number of rotatable bonds is 3. The van der Waals surface area contributed by atoms with Crippen LogP contribution in [-0.2, 0) is 4.79 Å². The van der Waals surface area contributed by atoms with Gasteiger partial charge in [-0.3, -0.25) is 9.78 Å². The normalized spacial score (nSPS) is 14.5. The van der Waals surface area contributed by atoms with Crippen LogP contribution in [0.25, 0.3) is 10.9 Å². The summed E-state index contributed by atoms with van der Waals surface area (Å²) < 4.78 is 13.9. The molecule has 1 N–H and O–H groups in total. The molecule has 2 aromatic carbocycles. The van der Waals surface area contributed by atoms with Crippen molar-refractivity contribution in [2.45, 2.75) is 19.8 Å². The average molecular weight is 423 g/mol. The van der Waals surface area contributed by atoms with Crippen LogP contribution in [0.2, 0.25) is 5.02 Å². The number of benzene rings is 2. The SMILES string of the molecule is Cc1cc(Cl)ccc1NC(=O)C1CCN(c2c(C#N)cnc3ccc(F)cc23)CC1. The monoisotopic (exact) mass is 422 g/mol. The summed E-state index contributed by atoms with van der Waals surface area (Å²) in [6.45, 7) is 3.10. The topological polar surface area (TPSA) is 69.0 Å². The number of hydrogen-bond acceptors (Lipinski definition) is 4. The third-order valence-electron chi connectivity index (χ3n) is 5.55. The summed E-state index contributed by atoms with van der Waals surface area (Å²) in [6, 6.07) is 11.9. The molecule has 0 unspecified atom stereocenters. The number of carbonyl (C=O) groups is 1. The van der Waals surface area contributed by atoms with E-state index in [1.54, 1.807) is 12.1 Å². The predicted octanol–water partition coefficient (Wildman–Crippen LogP) is 5.06. The first-order valence-corrected chi connectivity index (χ1v) is 10.1. The zero-order valence-electron chi connectivity index (χ0n) is 16.5. The van der Waals surface area contributed by atoms with Crippen molar-refractivity contribution in [1.29, 1.82) is 5.26 Å². The smallest absolute Gasteiger partial charge is 0.227 e. The maximum atomic E-state index is 13.9. The summed E-state index contributed by atoms with van der Waals surface area (Å²) >= 11 is 5.98. The molecule has 1 saturated heterocycles. The van der Waals surface area contributed by atoms with Gasteiger partial charge in [0, 0.05) is 41.3 Å². The van der Waals surface area contributed by atoms with E-state index in [1.807, 2.05) is 19.1 Å². The molecule has 0 bridgehead atoms. The lowest BCUT2D eigenvalue weighted by molar-refractivity contribution is -0.120. The molecule has 1 aromatic heterocycles. The zero-order valence-corrected chi connectivity index (χ0v) is 17.2. The molecular formula is C23H20ClFN4O. The van der Waals surface area contributed by atoms with E-state index in [4.69, 9.17) is 11.6 Å². The first-order valence-electron chi connectivity index (χ1n) is 9.76. The Morgan fingerprint density at radius 3 is 2.73 bits per heavy atom. The van der Waals surface area contributed by atoms with Gasteiger partial charge in [0.05, 0.1) is 16.8 Å². The van der Waals surface area contributed by atoms with Crippen LogP contribution in [-0.4, -0.2) is 24.0 Å². The van der Waals surface area contributed by atoms with Gasteiger partial charge in [-0.2, -0.15) is 5.26 Å². The van der Waals surface area contributed by atoms with Crippen molar-refractivity contribution in [3.8, 4) is 6.07 Å². The second-order valence-corrected chi connectivity index (χ2v) is 7.94. The third-order valence-corrected chi connectivity index (χ3v) is 5.79. The highest BCUT2D eigenvalue weighted by molar-refractivity contribution is 6.30. The molecule has 30 heavy (non-hydrogen) atoms. The molecule has 0 aliphatic carbocycles. The van der Waals surface area contributed by atoms with Gasteiger partial charge in [-0.25, -0.2) is 4.39 Å². The largest absolute Gasteiger partial charge is 0.370 e. The number of piperidine rings is 1. The minimum atomic E-state index is -0.367. The molecule has 1 amide bonds. The quantitative estimate of drug-likeness (QED) is 0.640. The van der Waals surface area contributed by atoms with Crippen molar-refractivity contribution in [2.24, 2.45) is 5.92 Å². The molecule has 1 aliphatic heterocycles. The van der Waals surface area contributed by atoms with Gasteiger partial charge in [0.1, 0.15) is 11.9 Å². The average Bonchev–Trinajstić information content (AvgIpc) is 2.75. The summed E-state index contributed by atoms with van der Waals surface area (Å²) in [7, 11) is 0. The van der Waals surface area contributed by atoms with Crippen LogP contribution in [0.3, 0.4) is 0 Å².